The van der Waals surface area contributed by atoms with Crippen molar-refractivity contribution in [3.63, 3.8) is 0 Å². The van der Waals surface area contributed by atoms with Crippen molar-refractivity contribution in [3.8, 4) is 6.07 Å². The van der Waals surface area contributed by atoms with Crippen LogP contribution in [0.3, 0.4) is 0 Å². The fourth-order valence-electron chi connectivity index (χ4n) is 2.43. The number of hydrogen-bond donors (Lipinski definition) is 1. The first-order valence-corrected chi connectivity index (χ1v) is 10.2. The van der Waals surface area contributed by atoms with E-state index in [-0.39, 0.29) is 0 Å². The van der Waals surface area contributed by atoms with Gasteiger partial charge >= 0.3 is 5.97 Å². The van der Waals surface area contributed by atoms with Gasteiger partial charge in [-0.3, -0.25) is 4.79 Å². The smallest absolute Gasteiger partial charge is 0.339 e. The van der Waals surface area contributed by atoms with E-state index >= 15 is 0 Å². The summed E-state index contributed by atoms with van der Waals surface area (Å²) in [7, 11) is 0. The number of ether oxygens (including phenoxy) is 1. The minimum absolute atomic E-state index is 0.335. The van der Waals surface area contributed by atoms with Gasteiger partial charge in [0.2, 0.25) is 0 Å². The molecule has 144 valence electrons. The molecule has 0 radical (unpaired) electrons. The molecule has 0 atom stereocenters. The van der Waals surface area contributed by atoms with Crippen molar-refractivity contribution in [2.24, 2.45) is 0 Å². The predicted molar refractivity (Wildman–Crippen MR) is 115 cm³/mol. The van der Waals surface area contributed by atoms with Crippen molar-refractivity contribution in [1.82, 2.24) is 0 Å². The number of anilines is 1. The minimum atomic E-state index is -0.603. The van der Waals surface area contributed by atoms with Gasteiger partial charge in [-0.05, 0) is 48.5 Å². The molecule has 0 unspecified atom stereocenters. The van der Waals surface area contributed by atoms with Crippen LogP contribution in [0, 0.1) is 11.3 Å². The van der Waals surface area contributed by atoms with Gasteiger partial charge in [0.25, 0.3) is 5.91 Å². The van der Waals surface area contributed by atoms with Gasteiger partial charge in [-0.15, -0.1) is 0 Å². The average Bonchev–Trinajstić information content (AvgIpc) is 2.74. The van der Waals surface area contributed by atoms with Gasteiger partial charge < -0.3 is 10.1 Å². The summed E-state index contributed by atoms with van der Waals surface area (Å²) in [4.78, 5) is 26.0. The van der Waals surface area contributed by atoms with E-state index in [1.54, 1.807) is 60.7 Å². The average molecular weight is 467 g/mol. The van der Waals surface area contributed by atoms with Gasteiger partial charge in [-0.1, -0.05) is 52.0 Å². The van der Waals surface area contributed by atoms with Crippen molar-refractivity contribution in [3.05, 3.63) is 88.4 Å². The molecule has 0 heterocycles. The van der Waals surface area contributed by atoms with Gasteiger partial charge in [0, 0.05) is 20.0 Å². The zero-order valence-electron chi connectivity index (χ0n) is 15.1. The van der Waals surface area contributed by atoms with Gasteiger partial charge in [-0.25, -0.2) is 4.79 Å². The summed E-state index contributed by atoms with van der Waals surface area (Å²) >= 11 is 4.63. The molecule has 0 fully saturated rings. The second-order valence-electron chi connectivity index (χ2n) is 5.84. The number of halogens is 1. The van der Waals surface area contributed by atoms with Crippen LogP contribution in [0.1, 0.15) is 15.9 Å². The highest BCUT2D eigenvalue weighted by Gasteiger charge is 2.16. The standard InChI is InChI=1S/C22H15BrN2O3S/c23-16-9-11-17(12-10-16)25-21(26)14-28-22(27)18-6-2-4-8-20(18)29-19-7-3-1-5-15(19)13-24/h1-12H,14H2,(H,25,26). The Labute approximate surface area is 180 Å². The monoisotopic (exact) mass is 466 g/mol. The van der Waals surface area contributed by atoms with Crippen LogP contribution in [-0.4, -0.2) is 18.5 Å². The molecule has 7 heteroatoms. The third-order valence-electron chi connectivity index (χ3n) is 3.80. The van der Waals surface area contributed by atoms with Gasteiger partial charge in [0.1, 0.15) is 6.07 Å². The number of esters is 1. The normalized spacial score (nSPS) is 10.1. The molecule has 0 saturated carbocycles. The summed E-state index contributed by atoms with van der Waals surface area (Å²) in [5.41, 5.74) is 1.47. The topological polar surface area (TPSA) is 79.2 Å². The highest BCUT2D eigenvalue weighted by Crippen LogP contribution is 2.32. The molecule has 3 rings (SSSR count). The summed E-state index contributed by atoms with van der Waals surface area (Å²) in [6.07, 6.45) is 0. The van der Waals surface area contributed by atoms with Gasteiger partial charge in [-0.2, -0.15) is 5.26 Å². The molecule has 3 aromatic carbocycles. The van der Waals surface area contributed by atoms with Crippen molar-refractivity contribution >= 4 is 45.3 Å². The van der Waals surface area contributed by atoms with E-state index < -0.39 is 18.5 Å². The van der Waals surface area contributed by atoms with Crippen LogP contribution in [0.25, 0.3) is 0 Å². The lowest BCUT2D eigenvalue weighted by atomic mass is 10.2. The Morgan fingerprint density at radius 1 is 0.966 bits per heavy atom. The predicted octanol–water partition coefficient (Wildman–Crippen LogP) is 5.27. The molecule has 1 amide bonds. The maximum atomic E-state index is 12.5. The van der Waals surface area contributed by atoms with Crippen molar-refractivity contribution < 1.29 is 14.3 Å². The zero-order chi connectivity index (χ0) is 20.6. The third kappa shape index (κ3) is 5.70. The Kier molecular flexibility index (Phi) is 7.06. The minimum Gasteiger partial charge on any atom is -0.452 e. The highest BCUT2D eigenvalue weighted by atomic mass is 79.9. The number of carbonyl (C=O) groups excluding carboxylic acids is 2. The van der Waals surface area contributed by atoms with Crippen LogP contribution in [0.4, 0.5) is 5.69 Å². The first-order valence-electron chi connectivity index (χ1n) is 8.55. The second-order valence-corrected chi connectivity index (χ2v) is 7.84. The molecule has 1 N–H and O–H groups in total. The van der Waals surface area contributed by atoms with E-state index in [9.17, 15) is 14.9 Å². The van der Waals surface area contributed by atoms with E-state index in [1.165, 1.54) is 11.8 Å². The second kappa shape index (κ2) is 9.92. The molecule has 5 nitrogen and oxygen atoms in total. The van der Waals surface area contributed by atoms with Gasteiger partial charge in [0.05, 0.1) is 11.1 Å². The Morgan fingerprint density at radius 3 is 2.34 bits per heavy atom. The fraction of sp³-hybridized carbons (Fsp3) is 0.0455. The molecule has 0 bridgehead atoms. The number of nitriles is 1. The number of carbonyl (C=O) groups is 2. The number of hydrogen-bond acceptors (Lipinski definition) is 5. The van der Waals surface area contributed by atoms with E-state index in [0.29, 0.717) is 21.7 Å². The Bertz CT molecular complexity index is 1080. The van der Waals surface area contributed by atoms with Crippen molar-refractivity contribution in [2.45, 2.75) is 9.79 Å². The Hall–Kier alpha value is -3.08. The number of rotatable bonds is 6. The Morgan fingerprint density at radius 2 is 1.62 bits per heavy atom. The molecule has 0 aromatic heterocycles. The molecule has 0 spiro atoms. The van der Waals surface area contributed by atoms with Crippen molar-refractivity contribution in [1.29, 1.82) is 5.26 Å². The summed E-state index contributed by atoms with van der Waals surface area (Å²) in [5, 5.41) is 11.9. The molecule has 29 heavy (non-hydrogen) atoms. The largest absolute Gasteiger partial charge is 0.452 e. The molecule has 0 saturated heterocycles. The lowest BCUT2D eigenvalue weighted by Crippen LogP contribution is -2.21. The van der Waals surface area contributed by atoms with Crippen LogP contribution in [0.15, 0.2) is 87.1 Å². The third-order valence-corrected chi connectivity index (χ3v) is 5.48. The van der Waals surface area contributed by atoms with E-state index in [4.69, 9.17) is 4.74 Å². The van der Waals surface area contributed by atoms with Crippen LogP contribution < -0.4 is 5.32 Å². The van der Waals surface area contributed by atoms with Crippen LogP contribution >= 0.6 is 27.7 Å². The molecule has 3 aromatic rings. The number of benzene rings is 3. The van der Waals surface area contributed by atoms with E-state index in [0.717, 1.165) is 9.37 Å². The number of nitrogens with zero attached hydrogens (tertiary/aromatic N) is 1. The molecule has 0 aliphatic rings. The lowest BCUT2D eigenvalue weighted by molar-refractivity contribution is -0.119. The van der Waals surface area contributed by atoms with E-state index in [2.05, 4.69) is 27.3 Å². The fourth-order valence-corrected chi connectivity index (χ4v) is 3.71. The van der Waals surface area contributed by atoms with Gasteiger partial charge in [0.15, 0.2) is 6.61 Å². The summed E-state index contributed by atoms with van der Waals surface area (Å²) < 4.78 is 6.08. The SMILES string of the molecule is N#Cc1ccccc1Sc1ccccc1C(=O)OCC(=O)Nc1ccc(Br)cc1. The first kappa shape index (κ1) is 20.6. The lowest BCUT2D eigenvalue weighted by Gasteiger charge is -2.10. The zero-order valence-corrected chi connectivity index (χ0v) is 17.5. The van der Waals surface area contributed by atoms with Crippen LogP contribution in [-0.2, 0) is 9.53 Å². The Balaban J connectivity index is 1.66. The molecular weight excluding hydrogens is 452 g/mol. The van der Waals surface area contributed by atoms with Crippen molar-refractivity contribution in [2.75, 3.05) is 11.9 Å². The highest BCUT2D eigenvalue weighted by molar-refractivity contribution is 9.10. The summed E-state index contributed by atoms with van der Waals surface area (Å²) in [6.45, 7) is -0.400. The summed E-state index contributed by atoms with van der Waals surface area (Å²) in [5.74, 6) is -1.03. The number of nitrogens with one attached hydrogen (secondary N) is 1. The molecular formula is C22H15BrN2O3S. The number of amides is 1. The first-order chi connectivity index (χ1) is 14.1. The van der Waals surface area contributed by atoms with Crippen LogP contribution in [0.2, 0.25) is 0 Å². The molecule has 0 aliphatic carbocycles. The summed E-state index contributed by atoms with van der Waals surface area (Å²) in [6, 6.07) is 23.3. The maximum Gasteiger partial charge on any atom is 0.339 e. The molecule has 0 aliphatic heterocycles. The quantitative estimate of drug-likeness (QED) is 0.500. The van der Waals surface area contributed by atoms with Crippen LogP contribution in [0.5, 0.6) is 0 Å². The van der Waals surface area contributed by atoms with E-state index in [1.807, 2.05) is 12.1 Å². The maximum absolute atomic E-state index is 12.5.